The lowest BCUT2D eigenvalue weighted by molar-refractivity contribution is 0.0930. The topological polar surface area (TPSA) is 57.4 Å². The Hall–Kier alpha value is -1.81. The van der Waals surface area contributed by atoms with E-state index in [2.05, 4.69) is 18.8 Å². The average Bonchev–Trinajstić information content (AvgIpc) is 2.45. The SMILES string of the molecule is CC(C)CCOCCOc1ccc(N)c2cccnc12. The number of pyridine rings is 1. The molecule has 1 heterocycles. The molecule has 4 nitrogen and oxygen atoms in total. The molecule has 1 aromatic heterocycles. The molecule has 0 saturated heterocycles. The summed E-state index contributed by atoms with van der Waals surface area (Å²) in [7, 11) is 0. The van der Waals surface area contributed by atoms with Gasteiger partial charge in [-0.2, -0.15) is 0 Å². The summed E-state index contributed by atoms with van der Waals surface area (Å²) in [5.41, 5.74) is 7.44. The van der Waals surface area contributed by atoms with Gasteiger partial charge in [0.25, 0.3) is 0 Å². The van der Waals surface area contributed by atoms with Crippen LogP contribution in [0.5, 0.6) is 5.75 Å². The van der Waals surface area contributed by atoms with Crippen LogP contribution in [0.1, 0.15) is 20.3 Å². The summed E-state index contributed by atoms with van der Waals surface area (Å²) >= 11 is 0. The summed E-state index contributed by atoms with van der Waals surface area (Å²) in [5.74, 6) is 1.42. The Morgan fingerprint density at radius 2 is 2.00 bits per heavy atom. The Bertz CT molecular complexity index is 555. The second kappa shape index (κ2) is 7.10. The summed E-state index contributed by atoms with van der Waals surface area (Å²) < 4.78 is 11.3. The minimum Gasteiger partial charge on any atom is -0.489 e. The first kappa shape index (κ1) is 14.6. The quantitative estimate of drug-likeness (QED) is 0.622. The number of ether oxygens (including phenoxy) is 2. The van der Waals surface area contributed by atoms with Gasteiger partial charge in [-0.25, -0.2) is 0 Å². The number of hydrogen-bond acceptors (Lipinski definition) is 4. The molecule has 0 aliphatic heterocycles. The molecular weight excluding hydrogens is 252 g/mol. The molecule has 0 atom stereocenters. The number of benzene rings is 1. The van der Waals surface area contributed by atoms with Crippen molar-refractivity contribution >= 4 is 16.6 Å². The number of fused-ring (bicyclic) bond motifs is 1. The first-order valence-corrected chi connectivity index (χ1v) is 7.02. The van der Waals surface area contributed by atoms with E-state index in [1.807, 2.05) is 24.3 Å². The molecule has 0 unspecified atom stereocenters. The molecule has 0 bridgehead atoms. The molecule has 4 heteroatoms. The monoisotopic (exact) mass is 274 g/mol. The van der Waals surface area contributed by atoms with Gasteiger partial charge in [-0.3, -0.25) is 4.98 Å². The number of rotatable bonds is 7. The normalized spacial score (nSPS) is 11.2. The molecule has 0 aliphatic carbocycles. The lowest BCUT2D eigenvalue weighted by Gasteiger charge is -2.11. The summed E-state index contributed by atoms with van der Waals surface area (Å²) in [4.78, 5) is 4.33. The van der Waals surface area contributed by atoms with Crippen molar-refractivity contribution in [3.63, 3.8) is 0 Å². The highest BCUT2D eigenvalue weighted by Gasteiger charge is 2.05. The molecule has 0 radical (unpaired) electrons. The summed E-state index contributed by atoms with van der Waals surface area (Å²) in [6.45, 7) is 6.26. The van der Waals surface area contributed by atoms with Gasteiger partial charge >= 0.3 is 0 Å². The third-order valence-corrected chi connectivity index (χ3v) is 3.09. The van der Waals surface area contributed by atoms with Gasteiger partial charge < -0.3 is 15.2 Å². The Morgan fingerprint density at radius 3 is 2.80 bits per heavy atom. The van der Waals surface area contributed by atoms with E-state index < -0.39 is 0 Å². The molecule has 108 valence electrons. The van der Waals surface area contributed by atoms with E-state index in [9.17, 15) is 0 Å². The van der Waals surface area contributed by atoms with Crippen LogP contribution >= 0.6 is 0 Å². The van der Waals surface area contributed by atoms with E-state index in [4.69, 9.17) is 15.2 Å². The van der Waals surface area contributed by atoms with Crippen LogP contribution in [0.15, 0.2) is 30.5 Å². The predicted molar refractivity (Wildman–Crippen MR) is 81.9 cm³/mol. The number of nitrogen functional groups attached to an aromatic ring is 1. The molecule has 0 aliphatic rings. The van der Waals surface area contributed by atoms with E-state index in [-0.39, 0.29) is 0 Å². The highest BCUT2D eigenvalue weighted by molar-refractivity contribution is 5.94. The number of nitrogens with zero attached hydrogens (tertiary/aromatic N) is 1. The van der Waals surface area contributed by atoms with Gasteiger partial charge in [-0.05, 0) is 36.6 Å². The fourth-order valence-electron chi connectivity index (χ4n) is 1.92. The maximum Gasteiger partial charge on any atom is 0.145 e. The molecule has 1 aromatic carbocycles. The van der Waals surface area contributed by atoms with Crippen LogP contribution in [0.4, 0.5) is 5.69 Å². The second-order valence-corrected chi connectivity index (χ2v) is 5.20. The van der Waals surface area contributed by atoms with Crippen LogP contribution in [0.2, 0.25) is 0 Å². The van der Waals surface area contributed by atoms with Crippen molar-refractivity contribution in [3.8, 4) is 5.75 Å². The highest BCUT2D eigenvalue weighted by Crippen LogP contribution is 2.27. The minimum absolute atomic E-state index is 0.522. The maximum absolute atomic E-state index is 5.93. The lowest BCUT2D eigenvalue weighted by Crippen LogP contribution is -2.09. The second-order valence-electron chi connectivity index (χ2n) is 5.20. The molecular formula is C16H22N2O2. The van der Waals surface area contributed by atoms with Gasteiger partial charge in [0.1, 0.15) is 17.9 Å². The fraction of sp³-hybridized carbons (Fsp3) is 0.438. The smallest absolute Gasteiger partial charge is 0.145 e. The Labute approximate surface area is 119 Å². The van der Waals surface area contributed by atoms with E-state index in [0.717, 1.165) is 29.7 Å². The maximum atomic E-state index is 5.93. The van der Waals surface area contributed by atoms with Crippen molar-refractivity contribution in [2.45, 2.75) is 20.3 Å². The van der Waals surface area contributed by atoms with Crippen molar-refractivity contribution < 1.29 is 9.47 Å². The molecule has 0 amide bonds. The Kier molecular flexibility index (Phi) is 5.18. The van der Waals surface area contributed by atoms with Gasteiger partial charge in [-0.15, -0.1) is 0 Å². The van der Waals surface area contributed by atoms with Crippen molar-refractivity contribution in [2.75, 3.05) is 25.6 Å². The van der Waals surface area contributed by atoms with Crippen LogP contribution < -0.4 is 10.5 Å². The zero-order valence-electron chi connectivity index (χ0n) is 12.1. The van der Waals surface area contributed by atoms with Crippen molar-refractivity contribution in [2.24, 2.45) is 5.92 Å². The predicted octanol–water partition coefficient (Wildman–Crippen LogP) is 3.26. The summed E-state index contributed by atoms with van der Waals surface area (Å²) in [6.07, 6.45) is 2.82. The summed E-state index contributed by atoms with van der Waals surface area (Å²) in [6, 6.07) is 7.53. The molecule has 2 rings (SSSR count). The van der Waals surface area contributed by atoms with Crippen LogP contribution in [0.3, 0.4) is 0 Å². The highest BCUT2D eigenvalue weighted by atomic mass is 16.5. The number of nitrogens with two attached hydrogens (primary N) is 1. The largest absolute Gasteiger partial charge is 0.489 e. The van der Waals surface area contributed by atoms with Gasteiger partial charge in [0.15, 0.2) is 0 Å². The fourth-order valence-corrected chi connectivity index (χ4v) is 1.92. The zero-order valence-corrected chi connectivity index (χ0v) is 12.1. The van der Waals surface area contributed by atoms with Gasteiger partial charge in [-0.1, -0.05) is 13.8 Å². The molecule has 2 aromatic rings. The zero-order chi connectivity index (χ0) is 14.4. The van der Waals surface area contributed by atoms with E-state index >= 15 is 0 Å². The van der Waals surface area contributed by atoms with E-state index in [1.165, 1.54) is 0 Å². The summed E-state index contributed by atoms with van der Waals surface area (Å²) in [5, 5.41) is 0.922. The minimum atomic E-state index is 0.522. The molecule has 2 N–H and O–H groups in total. The average molecular weight is 274 g/mol. The number of anilines is 1. The Balaban J connectivity index is 1.89. The van der Waals surface area contributed by atoms with Gasteiger partial charge in [0.05, 0.1) is 6.61 Å². The van der Waals surface area contributed by atoms with Crippen molar-refractivity contribution in [1.82, 2.24) is 4.98 Å². The first-order valence-electron chi connectivity index (χ1n) is 7.02. The molecule has 0 fully saturated rings. The third kappa shape index (κ3) is 3.84. The molecule has 0 spiro atoms. The molecule has 20 heavy (non-hydrogen) atoms. The number of hydrogen-bond donors (Lipinski definition) is 1. The standard InChI is InChI=1S/C16H22N2O2/c1-12(2)7-9-19-10-11-20-15-6-5-14(17)13-4-3-8-18-16(13)15/h3-6,8,12H,7,9-11,17H2,1-2H3. The van der Waals surface area contributed by atoms with Crippen LogP contribution in [-0.4, -0.2) is 24.8 Å². The Morgan fingerprint density at radius 1 is 1.15 bits per heavy atom. The van der Waals surface area contributed by atoms with Crippen molar-refractivity contribution in [3.05, 3.63) is 30.5 Å². The van der Waals surface area contributed by atoms with Crippen LogP contribution in [0, 0.1) is 5.92 Å². The van der Waals surface area contributed by atoms with Crippen LogP contribution in [0.25, 0.3) is 10.9 Å². The van der Waals surface area contributed by atoms with Crippen molar-refractivity contribution in [1.29, 1.82) is 0 Å². The third-order valence-electron chi connectivity index (χ3n) is 3.09. The van der Waals surface area contributed by atoms with Gasteiger partial charge in [0, 0.05) is 23.9 Å². The molecule has 0 saturated carbocycles. The van der Waals surface area contributed by atoms with Gasteiger partial charge in [0.2, 0.25) is 0 Å². The van der Waals surface area contributed by atoms with Crippen LogP contribution in [-0.2, 0) is 4.74 Å². The number of aromatic nitrogens is 1. The van der Waals surface area contributed by atoms with E-state index in [1.54, 1.807) is 6.20 Å². The first-order chi connectivity index (χ1) is 9.68. The van der Waals surface area contributed by atoms with E-state index in [0.29, 0.717) is 24.8 Å². The lowest BCUT2D eigenvalue weighted by atomic mass is 10.1.